The minimum absolute atomic E-state index is 0.141. The lowest BCUT2D eigenvalue weighted by molar-refractivity contribution is -0.0317. The first-order valence-corrected chi connectivity index (χ1v) is 6.30. The van der Waals surface area contributed by atoms with E-state index in [0.29, 0.717) is 19.1 Å². The van der Waals surface area contributed by atoms with Gasteiger partial charge in [0.25, 0.3) is 0 Å². The number of benzene rings is 1. The van der Waals surface area contributed by atoms with Crippen molar-refractivity contribution >= 4 is 0 Å². The van der Waals surface area contributed by atoms with E-state index in [2.05, 4.69) is 0 Å². The molecule has 3 nitrogen and oxygen atoms in total. The van der Waals surface area contributed by atoms with E-state index in [0.717, 1.165) is 24.2 Å². The van der Waals surface area contributed by atoms with Crippen LogP contribution in [0.1, 0.15) is 31.7 Å². The second-order valence-electron chi connectivity index (χ2n) is 5.03. The Hall–Kier alpha value is -1.06. The van der Waals surface area contributed by atoms with Gasteiger partial charge in [-0.15, -0.1) is 0 Å². The summed E-state index contributed by atoms with van der Waals surface area (Å²) >= 11 is 0. The first-order valence-electron chi connectivity index (χ1n) is 6.30. The highest BCUT2D eigenvalue weighted by atomic mass is 16.5. The van der Waals surface area contributed by atoms with Crippen molar-refractivity contribution in [2.24, 2.45) is 0 Å². The van der Waals surface area contributed by atoms with Crippen LogP contribution < -0.4 is 4.74 Å². The molecule has 0 bridgehead atoms. The van der Waals surface area contributed by atoms with Gasteiger partial charge in [0.2, 0.25) is 0 Å². The molecule has 3 heteroatoms. The smallest absolute Gasteiger partial charge is 0.119 e. The molecule has 1 saturated heterocycles. The fourth-order valence-electron chi connectivity index (χ4n) is 2.31. The second kappa shape index (κ2) is 4.00. The van der Waals surface area contributed by atoms with E-state index in [1.165, 1.54) is 0 Å². The first kappa shape index (κ1) is 11.1. The lowest BCUT2D eigenvalue weighted by Crippen LogP contribution is -2.32. The van der Waals surface area contributed by atoms with Crippen LogP contribution in [0, 0.1) is 0 Å². The summed E-state index contributed by atoms with van der Waals surface area (Å²) in [5.74, 6) is 0.895. The van der Waals surface area contributed by atoms with Crippen LogP contribution in [0.25, 0.3) is 0 Å². The zero-order valence-electron chi connectivity index (χ0n) is 10.1. The summed E-state index contributed by atoms with van der Waals surface area (Å²) in [4.78, 5) is 0. The minimum Gasteiger partial charge on any atom is -0.490 e. The Kier molecular flexibility index (Phi) is 2.60. The zero-order valence-corrected chi connectivity index (χ0v) is 10.1. The van der Waals surface area contributed by atoms with Crippen molar-refractivity contribution in [1.82, 2.24) is 0 Å². The first-order chi connectivity index (χ1) is 8.18. The van der Waals surface area contributed by atoms with Crippen LogP contribution in [0.3, 0.4) is 0 Å². The minimum atomic E-state index is -0.835. The summed E-state index contributed by atoms with van der Waals surface area (Å²) < 4.78 is 11.1. The fraction of sp³-hybridized carbons (Fsp3) is 0.571. The van der Waals surface area contributed by atoms with Crippen LogP contribution in [0.4, 0.5) is 0 Å². The molecule has 1 aromatic carbocycles. The number of rotatable bonds is 3. The van der Waals surface area contributed by atoms with Gasteiger partial charge in [-0.2, -0.15) is 0 Å². The molecule has 2 fully saturated rings. The van der Waals surface area contributed by atoms with Gasteiger partial charge in [0.1, 0.15) is 11.4 Å². The Morgan fingerprint density at radius 3 is 2.53 bits per heavy atom. The van der Waals surface area contributed by atoms with Gasteiger partial charge in [-0.25, -0.2) is 0 Å². The summed E-state index contributed by atoms with van der Waals surface area (Å²) in [6.45, 7) is 2.54. The molecule has 0 aromatic heterocycles. The quantitative estimate of drug-likeness (QED) is 0.871. The largest absolute Gasteiger partial charge is 0.490 e. The number of aliphatic hydroxyl groups is 1. The lowest BCUT2D eigenvalue weighted by atomic mass is 9.88. The van der Waals surface area contributed by atoms with Gasteiger partial charge in [0, 0.05) is 6.42 Å². The van der Waals surface area contributed by atoms with E-state index >= 15 is 0 Å². The monoisotopic (exact) mass is 234 g/mol. The normalized spacial score (nSPS) is 32.7. The molecule has 2 unspecified atom stereocenters. The van der Waals surface area contributed by atoms with Gasteiger partial charge in [-0.05, 0) is 37.5 Å². The maximum Gasteiger partial charge on any atom is 0.119 e. The fourth-order valence-corrected chi connectivity index (χ4v) is 2.31. The van der Waals surface area contributed by atoms with Crippen molar-refractivity contribution in [3.05, 3.63) is 29.8 Å². The van der Waals surface area contributed by atoms with Crippen molar-refractivity contribution < 1.29 is 14.6 Å². The van der Waals surface area contributed by atoms with Gasteiger partial charge in [0.05, 0.1) is 18.8 Å². The van der Waals surface area contributed by atoms with E-state index in [-0.39, 0.29) is 6.10 Å². The average molecular weight is 234 g/mol. The average Bonchev–Trinajstić information content (AvgIpc) is 3.07. The molecule has 1 aliphatic heterocycles. The molecule has 0 spiro atoms. The summed E-state index contributed by atoms with van der Waals surface area (Å²) in [7, 11) is 0. The van der Waals surface area contributed by atoms with Crippen molar-refractivity contribution in [2.45, 2.75) is 44.0 Å². The van der Waals surface area contributed by atoms with Crippen LogP contribution in [-0.4, -0.2) is 23.9 Å². The SMILES string of the molecule is CC1OCCC1(O)c1ccc(OC2CC2)cc1. The van der Waals surface area contributed by atoms with Crippen LogP contribution in [0.15, 0.2) is 24.3 Å². The van der Waals surface area contributed by atoms with Crippen molar-refractivity contribution in [2.75, 3.05) is 6.61 Å². The molecule has 2 aliphatic rings. The Labute approximate surface area is 101 Å². The molecule has 1 aliphatic carbocycles. The van der Waals surface area contributed by atoms with Crippen molar-refractivity contribution in [3.63, 3.8) is 0 Å². The molecule has 92 valence electrons. The van der Waals surface area contributed by atoms with Gasteiger partial charge >= 0.3 is 0 Å². The molecular formula is C14H18O3. The molecule has 0 amide bonds. The summed E-state index contributed by atoms with van der Waals surface area (Å²) in [6.07, 6.45) is 3.26. The summed E-state index contributed by atoms with van der Waals surface area (Å²) in [6, 6.07) is 7.78. The molecule has 1 heterocycles. The third-order valence-electron chi connectivity index (χ3n) is 3.70. The highest BCUT2D eigenvalue weighted by Crippen LogP contribution is 2.36. The molecular weight excluding hydrogens is 216 g/mol. The van der Waals surface area contributed by atoms with E-state index in [1.54, 1.807) is 0 Å². The third-order valence-corrected chi connectivity index (χ3v) is 3.70. The van der Waals surface area contributed by atoms with Crippen LogP contribution in [0.5, 0.6) is 5.75 Å². The van der Waals surface area contributed by atoms with E-state index in [4.69, 9.17) is 9.47 Å². The summed E-state index contributed by atoms with van der Waals surface area (Å²) in [5.41, 5.74) is 0.0867. The Morgan fingerprint density at radius 2 is 2.00 bits per heavy atom. The molecule has 1 saturated carbocycles. The van der Waals surface area contributed by atoms with E-state index in [9.17, 15) is 5.11 Å². The predicted molar refractivity (Wildman–Crippen MR) is 64.0 cm³/mol. The second-order valence-corrected chi connectivity index (χ2v) is 5.03. The van der Waals surface area contributed by atoms with Gasteiger partial charge < -0.3 is 14.6 Å². The maximum atomic E-state index is 10.6. The third kappa shape index (κ3) is 2.05. The molecule has 2 atom stereocenters. The molecule has 1 aromatic rings. The van der Waals surface area contributed by atoms with Gasteiger partial charge in [-0.3, -0.25) is 0 Å². The van der Waals surface area contributed by atoms with Crippen molar-refractivity contribution in [1.29, 1.82) is 0 Å². The maximum absolute atomic E-state index is 10.6. The highest BCUT2D eigenvalue weighted by Gasteiger charge is 2.41. The number of ether oxygens (including phenoxy) is 2. The Morgan fingerprint density at radius 1 is 1.29 bits per heavy atom. The highest BCUT2D eigenvalue weighted by molar-refractivity contribution is 5.32. The van der Waals surface area contributed by atoms with Crippen LogP contribution >= 0.6 is 0 Å². The standard InChI is InChI=1S/C14H18O3/c1-10-14(15,8-9-16-10)11-2-4-12(5-3-11)17-13-6-7-13/h2-5,10,13,15H,6-9H2,1H3. The van der Waals surface area contributed by atoms with Crippen LogP contribution in [0.2, 0.25) is 0 Å². The molecule has 17 heavy (non-hydrogen) atoms. The Bertz CT molecular complexity index is 396. The predicted octanol–water partition coefficient (Wildman–Crippen LogP) is 2.22. The number of hydrogen-bond acceptors (Lipinski definition) is 3. The van der Waals surface area contributed by atoms with Crippen molar-refractivity contribution in [3.8, 4) is 5.75 Å². The zero-order chi connectivity index (χ0) is 11.9. The van der Waals surface area contributed by atoms with E-state index < -0.39 is 5.60 Å². The topological polar surface area (TPSA) is 38.7 Å². The molecule has 1 N–H and O–H groups in total. The van der Waals surface area contributed by atoms with Gasteiger partial charge in [-0.1, -0.05) is 12.1 Å². The number of hydrogen-bond donors (Lipinski definition) is 1. The molecule has 3 rings (SSSR count). The lowest BCUT2D eigenvalue weighted by Gasteiger charge is -2.26. The summed E-state index contributed by atoms with van der Waals surface area (Å²) in [5, 5.41) is 10.6. The van der Waals surface area contributed by atoms with E-state index in [1.807, 2.05) is 31.2 Å². The molecule has 0 radical (unpaired) electrons. The van der Waals surface area contributed by atoms with Crippen LogP contribution in [-0.2, 0) is 10.3 Å². The Balaban J connectivity index is 1.78. The van der Waals surface area contributed by atoms with Gasteiger partial charge in [0.15, 0.2) is 0 Å².